The fourth-order valence-corrected chi connectivity index (χ4v) is 1.84. The minimum absolute atomic E-state index is 0.00427. The summed E-state index contributed by atoms with van der Waals surface area (Å²) in [5, 5.41) is 16.3. The maximum atomic E-state index is 13.6. The maximum absolute atomic E-state index is 13.6. The first-order valence-electron chi connectivity index (χ1n) is 5.94. The Morgan fingerprint density at radius 2 is 2.11 bits per heavy atom. The number of tetrazole rings is 1. The molecule has 0 saturated heterocycles. The minimum atomic E-state index is -0.392. The van der Waals surface area contributed by atoms with Crippen LogP contribution >= 0.6 is 0 Å². The van der Waals surface area contributed by atoms with Gasteiger partial charge in [0.25, 0.3) is 0 Å². The Bertz CT molecular complexity index is 648. The predicted octanol–water partition coefficient (Wildman–Crippen LogP) is 0.338. The average Bonchev–Trinajstić information content (AvgIpc) is 2.71. The van der Waals surface area contributed by atoms with E-state index >= 15 is 0 Å². The monoisotopic (exact) mass is 266 g/mol. The highest BCUT2D eigenvalue weighted by atomic mass is 19.1. The van der Waals surface area contributed by atoms with Crippen molar-refractivity contribution in [1.29, 1.82) is 0 Å². The Kier molecular flexibility index (Phi) is 3.75. The molecule has 0 saturated carbocycles. The number of hydrogen-bond acceptors (Lipinski definition) is 4. The van der Waals surface area contributed by atoms with Crippen molar-refractivity contribution in [3.8, 4) is 5.69 Å². The van der Waals surface area contributed by atoms with Gasteiger partial charge in [-0.3, -0.25) is 0 Å². The molecule has 1 N–H and O–H groups in total. The SMILES string of the molecule is Cc1cc(-n2nnn(C)c2=O)c(CCCO)cc1F. The van der Waals surface area contributed by atoms with Crippen LogP contribution in [0.3, 0.4) is 0 Å². The van der Waals surface area contributed by atoms with E-state index in [9.17, 15) is 9.18 Å². The zero-order valence-corrected chi connectivity index (χ0v) is 10.8. The smallest absolute Gasteiger partial charge is 0.368 e. The molecule has 0 aliphatic heterocycles. The topological polar surface area (TPSA) is 72.9 Å². The summed E-state index contributed by atoms with van der Waals surface area (Å²) in [6.07, 6.45) is 0.955. The lowest BCUT2D eigenvalue weighted by Gasteiger charge is -2.09. The summed E-state index contributed by atoms with van der Waals surface area (Å²) in [5.74, 6) is -0.339. The van der Waals surface area contributed by atoms with E-state index in [-0.39, 0.29) is 12.4 Å². The zero-order valence-electron chi connectivity index (χ0n) is 10.8. The molecule has 0 aliphatic carbocycles. The van der Waals surface area contributed by atoms with Crippen LogP contribution in [0.25, 0.3) is 5.69 Å². The molecule has 0 amide bonds. The van der Waals surface area contributed by atoms with Crippen molar-refractivity contribution in [2.45, 2.75) is 19.8 Å². The van der Waals surface area contributed by atoms with E-state index in [1.165, 1.54) is 13.1 Å². The van der Waals surface area contributed by atoms with Gasteiger partial charge in [0.15, 0.2) is 0 Å². The van der Waals surface area contributed by atoms with Crippen molar-refractivity contribution in [1.82, 2.24) is 19.8 Å². The number of aromatic nitrogens is 4. The van der Waals surface area contributed by atoms with Crippen molar-refractivity contribution in [2.75, 3.05) is 6.61 Å². The summed E-state index contributed by atoms with van der Waals surface area (Å²) in [4.78, 5) is 11.8. The number of aryl methyl sites for hydroxylation is 3. The highest BCUT2D eigenvalue weighted by Crippen LogP contribution is 2.19. The first-order valence-corrected chi connectivity index (χ1v) is 5.94. The molecule has 7 heteroatoms. The van der Waals surface area contributed by atoms with Gasteiger partial charge in [-0.15, -0.1) is 0 Å². The van der Waals surface area contributed by atoms with Gasteiger partial charge in [0.1, 0.15) is 5.82 Å². The summed E-state index contributed by atoms with van der Waals surface area (Å²) in [6.45, 7) is 1.63. The third kappa shape index (κ3) is 2.55. The standard InChI is InChI=1S/C12H15FN4O2/c1-8-6-11(17-12(19)16(2)14-15-17)9(4-3-5-18)7-10(8)13/h6-7,18H,3-5H2,1-2H3. The Morgan fingerprint density at radius 1 is 1.37 bits per heavy atom. The maximum Gasteiger partial charge on any atom is 0.368 e. The third-order valence-electron chi connectivity index (χ3n) is 2.91. The minimum Gasteiger partial charge on any atom is -0.396 e. The second kappa shape index (κ2) is 5.31. The van der Waals surface area contributed by atoms with Crippen molar-refractivity contribution in [2.24, 2.45) is 7.05 Å². The highest BCUT2D eigenvalue weighted by Gasteiger charge is 2.13. The number of halogens is 1. The first kappa shape index (κ1) is 13.4. The summed E-state index contributed by atoms with van der Waals surface area (Å²) in [6, 6.07) is 2.94. The number of benzene rings is 1. The molecule has 1 aromatic heterocycles. The zero-order chi connectivity index (χ0) is 14.0. The summed E-state index contributed by atoms with van der Waals surface area (Å²) in [5.41, 5.74) is 1.17. The van der Waals surface area contributed by atoms with Crippen molar-refractivity contribution < 1.29 is 9.50 Å². The van der Waals surface area contributed by atoms with Crippen LogP contribution in [0.2, 0.25) is 0 Å². The second-order valence-corrected chi connectivity index (χ2v) is 4.35. The summed E-state index contributed by atoms with van der Waals surface area (Å²) in [7, 11) is 1.50. The largest absolute Gasteiger partial charge is 0.396 e. The Morgan fingerprint density at radius 3 is 2.68 bits per heavy atom. The van der Waals surface area contributed by atoms with Crippen LogP contribution in [0.4, 0.5) is 4.39 Å². The van der Waals surface area contributed by atoms with Crippen LogP contribution in [-0.4, -0.2) is 31.5 Å². The van der Waals surface area contributed by atoms with Gasteiger partial charge in [-0.2, -0.15) is 9.36 Å². The molecular weight excluding hydrogens is 251 g/mol. The van der Waals surface area contributed by atoms with E-state index in [1.807, 2.05) is 0 Å². The van der Waals surface area contributed by atoms with Crippen LogP contribution in [0.15, 0.2) is 16.9 Å². The van der Waals surface area contributed by atoms with Crippen molar-refractivity contribution in [3.63, 3.8) is 0 Å². The molecular formula is C12H15FN4O2. The molecule has 0 bridgehead atoms. The van der Waals surface area contributed by atoms with E-state index in [4.69, 9.17) is 5.11 Å². The number of hydrogen-bond donors (Lipinski definition) is 1. The number of aliphatic hydroxyl groups excluding tert-OH is 1. The lowest BCUT2D eigenvalue weighted by molar-refractivity contribution is 0.288. The molecule has 0 atom stereocenters. The number of aliphatic hydroxyl groups is 1. The van der Waals surface area contributed by atoms with Crippen molar-refractivity contribution in [3.05, 3.63) is 39.6 Å². The van der Waals surface area contributed by atoms with Gasteiger partial charge in [-0.05, 0) is 53.5 Å². The Hall–Kier alpha value is -2.02. The van der Waals surface area contributed by atoms with Crippen LogP contribution in [-0.2, 0) is 13.5 Å². The van der Waals surface area contributed by atoms with Gasteiger partial charge in [0.05, 0.1) is 5.69 Å². The van der Waals surface area contributed by atoms with Gasteiger partial charge in [0.2, 0.25) is 0 Å². The van der Waals surface area contributed by atoms with Crippen molar-refractivity contribution >= 4 is 0 Å². The molecule has 2 aromatic rings. The molecule has 0 radical (unpaired) electrons. The van der Waals surface area contributed by atoms with Crippen LogP contribution in [0, 0.1) is 12.7 Å². The van der Waals surface area contributed by atoms with E-state index in [2.05, 4.69) is 10.4 Å². The molecule has 0 spiro atoms. The Labute approximate surface area is 109 Å². The van der Waals surface area contributed by atoms with Crippen LogP contribution < -0.4 is 5.69 Å². The molecule has 2 rings (SSSR count). The normalized spacial score (nSPS) is 10.9. The first-order chi connectivity index (χ1) is 9.04. The fourth-order valence-electron chi connectivity index (χ4n) is 1.84. The quantitative estimate of drug-likeness (QED) is 0.866. The number of nitrogens with zero attached hydrogens (tertiary/aromatic N) is 4. The molecule has 0 aliphatic rings. The van der Waals surface area contributed by atoms with Gasteiger partial charge in [-0.25, -0.2) is 9.18 Å². The summed E-state index contributed by atoms with van der Waals surface area (Å²) >= 11 is 0. The van der Waals surface area contributed by atoms with Gasteiger partial charge >= 0.3 is 5.69 Å². The summed E-state index contributed by atoms with van der Waals surface area (Å²) < 4.78 is 15.9. The molecule has 1 aromatic carbocycles. The highest BCUT2D eigenvalue weighted by molar-refractivity contribution is 5.43. The van der Waals surface area contributed by atoms with Gasteiger partial charge < -0.3 is 5.11 Å². The van der Waals surface area contributed by atoms with Gasteiger partial charge in [-0.1, -0.05) is 0 Å². The van der Waals surface area contributed by atoms with E-state index < -0.39 is 5.69 Å². The number of rotatable bonds is 4. The molecule has 6 nitrogen and oxygen atoms in total. The van der Waals surface area contributed by atoms with E-state index in [0.29, 0.717) is 29.7 Å². The molecule has 1 heterocycles. The van der Waals surface area contributed by atoms with Crippen LogP contribution in [0.1, 0.15) is 17.5 Å². The Balaban J connectivity index is 2.57. The van der Waals surface area contributed by atoms with Gasteiger partial charge in [0, 0.05) is 13.7 Å². The molecule has 19 heavy (non-hydrogen) atoms. The average molecular weight is 266 g/mol. The van der Waals surface area contributed by atoms with E-state index in [1.54, 1.807) is 13.0 Å². The third-order valence-corrected chi connectivity index (χ3v) is 2.91. The van der Waals surface area contributed by atoms with E-state index in [0.717, 1.165) is 9.36 Å². The second-order valence-electron chi connectivity index (χ2n) is 4.35. The lowest BCUT2D eigenvalue weighted by atomic mass is 10.0. The predicted molar refractivity (Wildman–Crippen MR) is 66.7 cm³/mol. The molecule has 102 valence electrons. The molecule has 0 fully saturated rings. The lowest BCUT2D eigenvalue weighted by Crippen LogP contribution is -2.23. The fraction of sp³-hybridized carbons (Fsp3) is 0.417. The molecule has 0 unspecified atom stereocenters. The van der Waals surface area contributed by atoms with Crippen LogP contribution in [0.5, 0.6) is 0 Å².